The average molecular weight is 409 g/mol. The van der Waals surface area contributed by atoms with Crippen LogP contribution in [0.25, 0.3) is 6.08 Å². The van der Waals surface area contributed by atoms with E-state index in [4.69, 9.17) is 9.47 Å². The Balaban J connectivity index is 2.50. The van der Waals surface area contributed by atoms with E-state index in [9.17, 15) is 9.59 Å². The number of aliphatic imine (C=N–C) groups is 1. The van der Waals surface area contributed by atoms with Gasteiger partial charge in [-0.1, -0.05) is 0 Å². The van der Waals surface area contributed by atoms with Crippen LogP contribution in [0.2, 0.25) is 0 Å². The third-order valence-corrected chi connectivity index (χ3v) is 4.66. The fourth-order valence-corrected chi connectivity index (χ4v) is 3.07. The van der Waals surface area contributed by atoms with Crippen LogP contribution in [-0.4, -0.2) is 35.8 Å². The Morgan fingerprint density at radius 2 is 1.72 bits per heavy atom. The van der Waals surface area contributed by atoms with Crippen LogP contribution in [0, 0.1) is 6.92 Å². The lowest BCUT2D eigenvalue weighted by Crippen LogP contribution is -2.12. The highest BCUT2D eigenvalue weighted by Crippen LogP contribution is 2.31. The first-order chi connectivity index (χ1) is 11.8. The van der Waals surface area contributed by atoms with Gasteiger partial charge in [0.2, 0.25) is 0 Å². The monoisotopic (exact) mass is 408 g/mol. The Morgan fingerprint density at radius 3 is 2.32 bits per heavy atom. The Hall–Kier alpha value is -2.15. The SMILES string of the molecule is CCOC(=O)C1=C(C)/C(=C/c2[nH]c(Br)c(C)c2C(=O)OCC)N=C1C. The number of carbonyl (C=O) groups is 2. The number of nitrogens with one attached hydrogen (secondary N) is 1. The highest BCUT2D eigenvalue weighted by atomic mass is 79.9. The molecule has 0 aromatic carbocycles. The molecular formula is C18H21BrN2O4. The van der Waals surface area contributed by atoms with Crippen LogP contribution in [0.5, 0.6) is 0 Å². The molecule has 0 radical (unpaired) electrons. The van der Waals surface area contributed by atoms with Gasteiger partial charge in [0.05, 0.1) is 46.1 Å². The standard InChI is InChI=1S/C18H21BrN2O4/c1-6-24-17(22)14-9(3)12(20-11(14)5)8-13-15(18(23)25-7-2)10(4)16(19)21-13/h8,21H,6-7H2,1-5H3/b12-8-. The molecule has 0 spiro atoms. The summed E-state index contributed by atoms with van der Waals surface area (Å²) in [5.41, 5.74) is 4.19. The Kier molecular flexibility index (Phi) is 6.00. The molecule has 1 aromatic rings. The second-order valence-corrected chi connectivity index (χ2v) is 6.31. The van der Waals surface area contributed by atoms with Gasteiger partial charge in [0.15, 0.2) is 0 Å². The van der Waals surface area contributed by atoms with Crippen molar-refractivity contribution in [2.75, 3.05) is 13.2 Å². The van der Waals surface area contributed by atoms with Gasteiger partial charge in [0, 0.05) is 0 Å². The van der Waals surface area contributed by atoms with E-state index in [1.54, 1.807) is 26.8 Å². The van der Waals surface area contributed by atoms with Crippen molar-refractivity contribution in [3.63, 3.8) is 0 Å². The van der Waals surface area contributed by atoms with Crippen molar-refractivity contribution in [1.29, 1.82) is 0 Å². The van der Waals surface area contributed by atoms with Gasteiger partial charge in [-0.05, 0) is 67.8 Å². The first kappa shape index (κ1) is 19.2. The normalized spacial score (nSPS) is 15.6. The number of aromatic nitrogens is 1. The highest BCUT2D eigenvalue weighted by Gasteiger charge is 2.26. The van der Waals surface area contributed by atoms with Gasteiger partial charge in [-0.3, -0.25) is 4.99 Å². The van der Waals surface area contributed by atoms with Crippen molar-refractivity contribution in [2.45, 2.75) is 34.6 Å². The molecule has 2 heterocycles. The van der Waals surface area contributed by atoms with Gasteiger partial charge >= 0.3 is 11.9 Å². The van der Waals surface area contributed by atoms with Crippen LogP contribution in [0.15, 0.2) is 26.4 Å². The fraction of sp³-hybridized carbons (Fsp3) is 0.389. The number of nitrogens with zero attached hydrogens (tertiary/aromatic N) is 1. The minimum absolute atomic E-state index is 0.292. The zero-order valence-corrected chi connectivity index (χ0v) is 16.5. The molecule has 6 nitrogen and oxygen atoms in total. The number of rotatable bonds is 5. The first-order valence-corrected chi connectivity index (χ1v) is 8.81. The molecule has 0 saturated heterocycles. The van der Waals surface area contributed by atoms with Crippen LogP contribution < -0.4 is 0 Å². The maximum Gasteiger partial charge on any atom is 0.340 e. The van der Waals surface area contributed by atoms with Crippen molar-refractivity contribution in [1.82, 2.24) is 4.98 Å². The largest absolute Gasteiger partial charge is 0.462 e. The van der Waals surface area contributed by atoms with E-state index in [1.807, 2.05) is 13.8 Å². The molecule has 0 atom stereocenters. The zero-order valence-electron chi connectivity index (χ0n) is 14.9. The number of aromatic amines is 1. The highest BCUT2D eigenvalue weighted by molar-refractivity contribution is 9.10. The molecule has 0 aliphatic carbocycles. The molecule has 1 aliphatic rings. The Morgan fingerprint density at radius 1 is 1.12 bits per heavy atom. The molecule has 7 heteroatoms. The van der Waals surface area contributed by atoms with Crippen molar-refractivity contribution in [3.05, 3.63) is 38.3 Å². The van der Waals surface area contributed by atoms with Gasteiger partial charge in [-0.2, -0.15) is 0 Å². The average Bonchev–Trinajstić information content (AvgIpc) is 2.96. The van der Waals surface area contributed by atoms with Gasteiger partial charge < -0.3 is 14.5 Å². The maximum absolute atomic E-state index is 12.3. The van der Waals surface area contributed by atoms with Crippen LogP contribution in [0.4, 0.5) is 0 Å². The lowest BCUT2D eigenvalue weighted by atomic mass is 10.1. The molecule has 0 bridgehead atoms. The van der Waals surface area contributed by atoms with Crippen LogP contribution in [0.3, 0.4) is 0 Å². The minimum atomic E-state index is -0.403. The summed E-state index contributed by atoms with van der Waals surface area (Å²) >= 11 is 3.40. The molecule has 134 valence electrons. The summed E-state index contributed by atoms with van der Waals surface area (Å²) in [5, 5.41) is 0. The van der Waals surface area contributed by atoms with E-state index in [0.29, 0.717) is 51.6 Å². The molecule has 0 unspecified atom stereocenters. The molecule has 0 fully saturated rings. The maximum atomic E-state index is 12.3. The summed E-state index contributed by atoms with van der Waals surface area (Å²) < 4.78 is 10.9. The number of allylic oxidation sites excluding steroid dienone is 1. The summed E-state index contributed by atoms with van der Waals surface area (Å²) in [6, 6.07) is 0. The predicted octanol–water partition coefficient (Wildman–Crippen LogP) is 3.96. The molecule has 1 aromatic heterocycles. The summed E-state index contributed by atoms with van der Waals surface area (Å²) in [5.74, 6) is -0.793. The van der Waals surface area contributed by atoms with Gasteiger partial charge in [-0.15, -0.1) is 0 Å². The molecule has 2 rings (SSSR count). The Labute approximate surface area is 155 Å². The van der Waals surface area contributed by atoms with Crippen molar-refractivity contribution in [2.24, 2.45) is 4.99 Å². The van der Waals surface area contributed by atoms with E-state index in [1.165, 1.54) is 0 Å². The molecule has 1 aliphatic heterocycles. The fourth-order valence-electron chi connectivity index (χ4n) is 2.66. The molecule has 0 saturated carbocycles. The van der Waals surface area contributed by atoms with Crippen molar-refractivity contribution >= 4 is 39.7 Å². The second kappa shape index (κ2) is 7.82. The summed E-state index contributed by atoms with van der Waals surface area (Å²) in [6.07, 6.45) is 1.75. The van der Waals surface area contributed by atoms with Crippen LogP contribution in [0.1, 0.15) is 49.3 Å². The Bertz CT molecular complexity index is 815. The minimum Gasteiger partial charge on any atom is -0.462 e. The van der Waals surface area contributed by atoms with Gasteiger partial charge in [0.25, 0.3) is 0 Å². The van der Waals surface area contributed by atoms with E-state index >= 15 is 0 Å². The van der Waals surface area contributed by atoms with Gasteiger partial charge in [0.1, 0.15) is 0 Å². The molecule has 1 N–H and O–H groups in total. The number of carbonyl (C=O) groups excluding carboxylic acids is 2. The van der Waals surface area contributed by atoms with E-state index in [-0.39, 0.29) is 5.97 Å². The number of esters is 2. The number of hydrogen-bond acceptors (Lipinski definition) is 5. The third kappa shape index (κ3) is 3.76. The van der Waals surface area contributed by atoms with E-state index < -0.39 is 5.97 Å². The van der Waals surface area contributed by atoms with Crippen molar-refractivity contribution in [3.8, 4) is 0 Å². The third-order valence-electron chi connectivity index (χ3n) is 3.87. The predicted molar refractivity (Wildman–Crippen MR) is 99.6 cm³/mol. The number of halogens is 1. The number of ether oxygens (including phenoxy) is 2. The number of H-pyrrole nitrogens is 1. The lowest BCUT2D eigenvalue weighted by molar-refractivity contribution is -0.137. The summed E-state index contributed by atoms with van der Waals surface area (Å²) in [7, 11) is 0. The van der Waals surface area contributed by atoms with E-state index in [0.717, 1.165) is 5.56 Å². The second-order valence-electron chi connectivity index (χ2n) is 5.52. The van der Waals surface area contributed by atoms with Crippen LogP contribution >= 0.6 is 15.9 Å². The summed E-state index contributed by atoms with van der Waals surface area (Å²) in [4.78, 5) is 31.9. The summed E-state index contributed by atoms with van der Waals surface area (Å²) in [6.45, 7) is 9.52. The molecule has 25 heavy (non-hydrogen) atoms. The van der Waals surface area contributed by atoms with Crippen LogP contribution in [-0.2, 0) is 14.3 Å². The van der Waals surface area contributed by atoms with Gasteiger partial charge in [-0.25, -0.2) is 9.59 Å². The first-order valence-electron chi connectivity index (χ1n) is 8.02. The molecular weight excluding hydrogens is 388 g/mol. The smallest absolute Gasteiger partial charge is 0.340 e. The molecule has 0 amide bonds. The number of hydrogen-bond donors (Lipinski definition) is 1. The zero-order chi connectivity index (χ0) is 18.7. The quantitative estimate of drug-likeness (QED) is 0.747. The lowest BCUT2D eigenvalue weighted by Gasteiger charge is -2.04. The topological polar surface area (TPSA) is 80.8 Å². The van der Waals surface area contributed by atoms with Crippen molar-refractivity contribution < 1.29 is 19.1 Å². The van der Waals surface area contributed by atoms with E-state index in [2.05, 4.69) is 25.9 Å².